The van der Waals surface area contributed by atoms with E-state index >= 15 is 0 Å². The molecule has 0 radical (unpaired) electrons. The summed E-state index contributed by atoms with van der Waals surface area (Å²) in [5.41, 5.74) is 1.06. The van der Waals surface area contributed by atoms with E-state index in [9.17, 15) is 9.59 Å². The van der Waals surface area contributed by atoms with Gasteiger partial charge >= 0.3 is 5.97 Å². The third-order valence-corrected chi connectivity index (χ3v) is 1.65. The molecule has 0 aliphatic carbocycles. The van der Waals surface area contributed by atoms with Gasteiger partial charge in [-0.15, -0.1) is 0 Å². The molecule has 0 aromatic carbocycles. The summed E-state index contributed by atoms with van der Waals surface area (Å²) < 4.78 is 4.52. The van der Waals surface area contributed by atoms with Crippen LogP contribution in [0.2, 0.25) is 0 Å². The zero-order valence-corrected chi connectivity index (χ0v) is 8.43. The van der Waals surface area contributed by atoms with Crippen molar-refractivity contribution >= 4 is 11.9 Å². The monoisotopic (exact) mass is 185 g/mol. The highest BCUT2D eigenvalue weighted by Crippen LogP contribution is 2.06. The van der Waals surface area contributed by atoms with E-state index in [1.807, 2.05) is 6.92 Å². The van der Waals surface area contributed by atoms with Gasteiger partial charge in [0.25, 0.3) is 0 Å². The van der Waals surface area contributed by atoms with Crippen LogP contribution in [0.1, 0.15) is 27.2 Å². The van der Waals surface area contributed by atoms with Crippen molar-refractivity contribution in [3.63, 3.8) is 0 Å². The van der Waals surface area contributed by atoms with E-state index in [0.717, 1.165) is 5.57 Å². The fourth-order valence-electron chi connectivity index (χ4n) is 0.787. The van der Waals surface area contributed by atoms with Gasteiger partial charge in [0.1, 0.15) is 5.70 Å². The molecule has 0 aromatic heterocycles. The molecule has 0 saturated heterocycles. The molecular weight excluding hydrogens is 170 g/mol. The van der Waals surface area contributed by atoms with Crippen molar-refractivity contribution in [2.24, 2.45) is 0 Å². The molecule has 13 heavy (non-hydrogen) atoms. The minimum atomic E-state index is -0.505. The number of ether oxygens (including phenoxy) is 1. The lowest BCUT2D eigenvalue weighted by Gasteiger charge is -2.08. The van der Waals surface area contributed by atoms with E-state index in [1.165, 1.54) is 14.0 Å². The maximum absolute atomic E-state index is 11.2. The quantitative estimate of drug-likeness (QED) is 0.526. The summed E-state index contributed by atoms with van der Waals surface area (Å²) in [7, 11) is 1.28. The average Bonchev–Trinajstić information content (AvgIpc) is 2.11. The SMILES string of the molecule is CC/C(C)=C(\NC(C)=O)C(=O)OC. The summed E-state index contributed by atoms with van der Waals surface area (Å²) in [5.74, 6) is -0.775. The van der Waals surface area contributed by atoms with Crippen molar-refractivity contribution in [1.29, 1.82) is 0 Å². The van der Waals surface area contributed by atoms with Crippen molar-refractivity contribution < 1.29 is 14.3 Å². The Kier molecular flexibility index (Phi) is 4.80. The lowest BCUT2D eigenvalue weighted by Crippen LogP contribution is -2.27. The Morgan fingerprint density at radius 3 is 2.15 bits per heavy atom. The molecule has 0 unspecified atom stereocenters. The molecule has 0 aliphatic heterocycles. The molecule has 1 N–H and O–H groups in total. The molecule has 0 heterocycles. The number of hydrogen-bond donors (Lipinski definition) is 1. The number of esters is 1. The van der Waals surface area contributed by atoms with Crippen LogP contribution in [0.4, 0.5) is 0 Å². The first-order chi connectivity index (χ1) is 6.02. The molecule has 0 aromatic rings. The van der Waals surface area contributed by atoms with Crippen LogP contribution >= 0.6 is 0 Å². The first-order valence-corrected chi connectivity index (χ1v) is 4.08. The molecule has 0 spiro atoms. The molecule has 74 valence electrons. The van der Waals surface area contributed by atoms with Crippen molar-refractivity contribution in [2.45, 2.75) is 27.2 Å². The van der Waals surface area contributed by atoms with E-state index < -0.39 is 5.97 Å². The zero-order valence-electron chi connectivity index (χ0n) is 8.43. The van der Waals surface area contributed by atoms with Gasteiger partial charge < -0.3 is 10.1 Å². The number of carbonyl (C=O) groups is 2. The number of hydrogen-bond acceptors (Lipinski definition) is 3. The molecule has 0 aliphatic rings. The molecule has 0 bridgehead atoms. The molecule has 4 nitrogen and oxygen atoms in total. The van der Waals surface area contributed by atoms with E-state index in [2.05, 4.69) is 10.1 Å². The summed E-state index contributed by atoms with van der Waals surface area (Å²) in [6.45, 7) is 5.04. The topological polar surface area (TPSA) is 55.4 Å². The normalized spacial score (nSPS) is 11.7. The van der Waals surface area contributed by atoms with Gasteiger partial charge in [0, 0.05) is 6.92 Å². The Labute approximate surface area is 78.0 Å². The van der Waals surface area contributed by atoms with E-state index in [0.29, 0.717) is 6.42 Å². The summed E-state index contributed by atoms with van der Waals surface area (Å²) in [4.78, 5) is 21.9. The largest absolute Gasteiger partial charge is 0.464 e. The third-order valence-electron chi connectivity index (χ3n) is 1.65. The van der Waals surface area contributed by atoms with Crippen LogP contribution < -0.4 is 5.32 Å². The standard InChI is InChI=1S/C9H15NO3/c1-5-6(2)8(9(12)13-4)10-7(3)11/h5H2,1-4H3,(H,10,11)/b8-6-. The first kappa shape index (κ1) is 11.7. The molecule has 0 fully saturated rings. The summed E-state index contributed by atoms with van der Waals surface area (Å²) in [6, 6.07) is 0. The van der Waals surface area contributed by atoms with Gasteiger partial charge in [-0.1, -0.05) is 6.92 Å². The first-order valence-electron chi connectivity index (χ1n) is 4.08. The van der Waals surface area contributed by atoms with E-state index in [1.54, 1.807) is 6.92 Å². The van der Waals surface area contributed by atoms with Crippen LogP contribution in [0.15, 0.2) is 11.3 Å². The maximum atomic E-state index is 11.2. The predicted molar refractivity (Wildman–Crippen MR) is 48.8 cm³/mol. The van der Waals surface area contributed by atoms with Gasteiger partial charge in [-0.05, 0) is 18.9 Å². The number of rotatable bonds is 3. The van der Waals surface area contributed by atoms with Crippen LogP contribution in [-0.2, 0) is 14.3 Å². The average molecular weight is 185 g/mol. The van der Waals surface area contributed by atoms with Gasteiger partial charge in [-0.2, -0.15) is 0 Å². The molecular formula is C9H15NO3. The van der Waals surface area contributed by atoms with Crippen LogP contribution in [0.25, 0.3) is 0 Å². The highest BCUT2D eigenvalue weighted by molar-refractivity contribution is 5.93. The lowest BCUT2D eigenvalue weighted by atomic mass is 10.2. The van der Waals surface area contributed by atoms with Gasteiger partial charge in [0.05, 0.1) is 7.11 Å². The maximum Gasteiger partial charge on any atom is 0.354 e. The molecule has 0 rings (SSSR count). The number of nitrogens with one attached hydrogen (secondary N) is 1. The van der Waals surface area contributed by atoms with Crippen molar-refractivity contribution in [3.05, 3.63) is 11.3 Å². The molecule has 4 heteroatoms. The minimum Gasteiger partial charge on any atom is -0.464 e. The minimum absolute atomic E-state index is 0.248. The lowest BCUT2D eigenvalue weighted by molar-refractivity contribution is -0.137. The van der Waals surface area contributed by atoms with Crippen LogP contribution in [0, 0.1) is 0 Å². The number of allylic oxidation sites excluding steroid dienone is 1. The van der Waals surface area contributed by atoms with Crippen molar-refractivity contribution in [1.82, 2.24) is 5.32 Å². The summed E-state index contributed by atoms with van der Waals surface area (Å²) in [6.07, 6.45) is 0.699. The zero-order chi connectivity index (χ0) is 10.4. The smallest absolute Gasteiger partial charge is 0.354 e. The second-order valence-corrected chi connectivity index (χ2v) is 2.68. The van der Waals surface area contributed by atoms with Gasteiger partial charge in [0.15, 0.2) is 0 Å². The fraction of sp³-hybridized carbons (Fsp3) is 0.556. The van der Waals surface area contributed by atoms with Crippen molar-refractivity contribution in [2.75, 3.05) is 7.11 Å². The Balaban J connectivity index is 4.75. The van der Waals surface area contributed by atoms with Crippen molar-refractivity contribution in [3.8, 4) is 0 Å². The second kappa shape index (κ2) is 5.35. The summed E-state index contributed by atoms with van der Waals surface area (Å²) >= 11 is 0. The Morgan fingerprint density at radius 1 is 1.31 bits per heavy atom. The second-order valence-electron chi connectivity index (χ2n) is 2.68. The van der Waals surface area contributed by atoms with Gasteiger partial charge in [-0.3, -0.25) is 4.79 Å². The predicted octanol–water partition coefficient (Wildman–Crippen LogP) is 0.979. The Bertz CT molecular complexity index is 243. The Hall–Kier alpha value is -1.32. The number of amides is 1. The third kappa shape index (κ3) is 3.73. The Morgan fingerprint density at radius 2 is 1.85 bits per heavy atom. The molecule has 0 atom stereocenters. The van der Waals surface area contributed by atoms with Crippen LogP contribution in [0.3, 0.4) is 0 Å². The number of carbonyl (C=O) groups excluding carboxylic acids is 2. The van der Waals surface area contributed by atoms with Gasteiger partial charge in [0.2, 0.25) is 5.91 Å². The van der Waals surface area contributed by atoms with Gasteiger partial charge in [-0.25, -0.2) is 4.79 Å². The van der Waals surface area contributed by atoms with Crippen LogP contribution in [-0.4, -0.2) is 19.0 Å². The molecule has 0 saturated carbocycles. The number of methoxy groups -OCH3 is 1. The fourth-order valence-corrected chi connectivity index (χ4v) is 0.787. The summed E-state index contributed by atoms with van der Waals surface area (Å²) in [5, 5.41) is 2.45. The van der Waals surface area contributed by atoms with E-state index in [4.69, 9.17) is 0 Å². The highest BCUT2D eigenvalue weighted by atomic mass is 16.5. The molecule has 1 amide bonds. The van der Waals surface area contributed by atoms with E-state index in [-0.39, 0.29) is 11.6 Å². The highest BCUT2D eigenvalue weighted by Gasteiger charge is 2.13. The van der Waals surface area contributed by atoms with Crippen LogP contribution in [0.5, 0.6) is 0 Å².